The zero-order chi connectivity index (χ0) is 11.6. The summed E-state index contributed by atoms with van der Waals surface area (Å²) in [5, 5.41) is 0. The minimum Gasteiger partial charge on any atom is -0.468 e. The molecule has 0 aromatic carbocycles. The van der Waals surface area contributed by atoms with Crippen LogP contribution in [0.2, 0.25) is 0 Å². The average molecular weight is 214 g/mol. The number of esters is 1. The molecule has 0 aromatic heterocycles. The molecule has 1 rings (SSSR count). The Balaban J connectivity index is 2.62. The Morgan fingerprint density at radius 3 is 2.60 bits per heavy atom. The maximum absolute atomic E-state index is 11.5. The van der Waals surface area contributed by atoms with Crippen LogP contribution in [0.1, 0.15) is 6.42 Å². The van der Waals surface area contributed by atoms with E-state index in [1.807, 2.05) is 0 Å². The predicted molar refractivity (Wildman–Crippen MR) is 50.8 cm³/mol. The monoisotopic (exact) mass is 214 g/mol. The lowest BCUT2D eigenvalue weighted by Gasteiger charge is -2.20. The summed E-state index contributed by atoms with van der Waals surface area (Å²) >= 11 is 0. The predicted octanol–water partition coefficient (Wildman–Crippen LogP) is -1.15. The molecule has 6 heteroatoms. The number of nitrogens with zero attached hydrogens (tertiary/aromatic N) is 2. The summed E-state index contributed by atoms with van der Waals surface area (Å²) < 4.78 is 4.48. The molecule has 1 heterocycles. The van der Waals surface area contributed by atoms with Gasteiger partial charge in [0.05, 0.1) is 26.1 Å². The van der Waals surface area contributed by atoms with Gasteiger partial charge in [-0.25, -0.2) is 0 Å². The molecule has 15 heavy (non-hydrogen) atoms. The van der Waals surface area contributed by atoms with Crippen LogP contribution in [0.5, 0.6) is 0 Å². The Kier molecular flexibility index (Phi) is 3.41. The summed E-state index contributed by atoms with van der Waals surface area (Å²) in [6.07, 6.45) is 0.128. The van der Waals surface area contributed by atoms with Crippen molar-refractivity contribution in [1.29, 1.82) is 0 Å². The summed E-state index contributed by atoms with van der Waals surface area (Å²) in [6, 6.07) is -0.540. The van der Waals surface area contributed by atoms with E-state index >= 15 is 0 Å². The van der Waals surface area contributed by atoms with Gasteiger partial charge in [-0.05, 0) is 7.05 Å². The normalized spacial score (nSPS) is 21.3. The van der Waals surface area contributed by atoms with Gasteiger partial charge in [-0.2, -0.15) is 0 Å². The van der Waals surface area contributed by atoms with Crippen LogP contribution in [-0.2, 0) is 19.1 Å². The van der Waals surface area contributed by atoms with Crippen molar-refractivity contribution in [1.82, 2.24) is 9.80 Å². The molecule has 0 saturated carbocycles. The average Bonchev–Trinajstić information content (AvgIpc) is 2.45. The van der Waals surface area contributed by atoms with Crippen LogP contribution >= 0.6 is 0 Å². The SMILES string of the molecule is COC(=O)CN(C)C1CC(=O)N(C)C1=O. The van der Waals surface area contributed by atoms with Crippen LogP contribution < -0.4 is 0 Å². The van der Waals surface area contributed by atoms with Crippen molar-refractivity contribution in [3.8, 4) is 0 Å². The van der Waals surface area contributed by atoms with Gasteiger partial charge in [0.1, 0.15) is 0 Å². The van der Waals surface area contributed by atoms with Gasteiger partial charge in [0.15, 0.2) is 0 Å². The van der Waals surface area contributed by atoms with E-state index in [1.165, 1.54) is 19.1 Å². The van der Waals surface area contributed by atoms with Crippen molar-refractivity contribution in [2.24, 2.45) is 0 Å². The molecule has 0 aliphatic carbocycles. The molecule has 1 aliphatic heterocycles. The first-order valence-electron chi connectivity index (χ1n) is 4.54. The second-order valence-corrected chi connectivity index (χ2v) is 3.50. The van der Waals surface area contributed by atoms with Crippen LogP contribution in [-0.4, -0.2) is 61.4 Å². The number of rotatable bonds is 3. The minimum absolute atomic E-state index is 0.00796. The Labute approximate surface area is 87.8 Å². The Morgan fingerprint density at radius 2 is 2.20 bits per heavy atom. The fraction of sp³-hybridized carbons (Fsp3) is 0.667. The highest BCUT2D eigenvalue weighted by molar-refractivity contribution is 6.05. The van der Waals surface area contributed by atoms with Crippen molar-refractivity contribution >= 4 is 17.8 Å². The Hall–Kier alpha value is -1.43. The third-order valence-corrected chi connectivity index (χ3v) is 2.50. The van der Waals surface area contributed by atoms with Crippen molar-refractivity contribution in [3.63, 3.8) is 0 Å². The van der Waals surface area contributed by atoms with Crippen LogP contribution in [0.25, 0.3) is 0 Å². The summed E-state index contributed by atoms with van der Waals surface area (Å²) in [5.74, 6) is -0.916. The summed E-state index contributed by atoms with van der Waals surface area (Å²) in [4.78, 5) is 36.3. The summed E-state index contributed by atoms with van der Waals surface area (Å²) in [6.45, 7) is 0.00796. The Bertz CT molecular complexity index is 302. The van der Waals surface area contributed by atoms with E-state index in [-0.39, 0.29) is 24.8 Å². The van der Waals surface area contributed by atoms with Gasteiger partial charge >= 0.3 is 5.97 Å². The fourth-order valence-electron chi connectivity index (χ4n) is 1.46. The molecular formula is C9H14N2O4. The number of carbonyl (C=O) groups excluding carboxylic acids is 3. The molecule has 1 fully saturated rings. The molecule has 0 radical (unpaired) electrons. The zero-order valence-electron chi connectivity index (χ0n) is 9.02. The molecule has 1 unspecified atom stereocenters. The van der Waals surface area contributed by atoms with E-state index in [0.29, 0.717) is 0 Å². The fourth-order valence-corrected chi connectivity index (χ4v) is 1.46. The van der Waals surface area contributed by atoms with E-state index in [9.17, 15) is 14.4 Å². The van der Waals surface area contributed by atoms with Gasteiger partial charge in [-0.1, -0.05) is 0 Å². The van der Waals surface area contributed by atoms with Crippen LogP contribution in [0.15, 0.2) is 0 Å². The van der Waals surface area contributed by atoms with E-state index in [2.05, 4.69) is 4.74 Å². The van der Waals surface area contributed by atoms with Gasteiger partial charge in [0.25, 0.3) is 0 Å². The lowest BCUT2D eigenvalue weighted by atomic mass is 10.2. The van der Waals surface area contributed by atoms with Gasteiger partial charge in [-0.3, -0.25) is 24.2 Å². The number of carbonyl (C=O) groups is 3. The molecule has 1 atom stereocenters. The molecule has 0 N–H and O–H groups in total. The number of amides is 2. The number of hydrogen-bond donors (Lipinski definition) is 0. The maximum atomic E-state index is 11.5. The molecule has 0 aromatic rings. The third kappa shape index (κ3) is 2.33. The molecule has 0 spiro atoms. The van der Waals surface area contributed by atoms with Crippen molar-refractivity contribution in [2.45, 2.75) is 12.5 Å². The number of likely N-dealkylation sites (N-methyl/N-ethyl adjacent to an activating group) is 2. The number of ether oxygens (including phenoxy) is 1. The standard InChI is InChI=1S/C9H14N2O4/c1-10(5-8(13)15-3)6-4-7(12)11(2)9(6)14/h6H,4-5H2,1-3H3. The van der Waals surface area contributed by atoms with Crippen molar-refractivity contribution in [2.75, 3.05) is 27.7 Å². The first kappa shape index (κ1) is 11.6. The third-order valence-electron chi connectivity index (χ3n) is 2.50. The number of methoxy groups -OCH3 is 1. The molecule has 0 bridgehead atoms. The van der Waals surface area contributed by atoms with Gasteiger partial charge < -0.3 is 4.74 Å². The lowest BCUT2D eigenvalue weighted by Crippen LogP contribution is -2.41. The number of imide groups is 1. The molecule has 2 amide bonds. The first-order chi connectivity index (χ1) is 6.97. The topological polar surface area (TPSA) is 66.9 Å². The lowest BCUT2D eigenvalue weighted by molar-refractivity contribution is -0.143. The molecule has 84 valence electrons. The van der Waals surface area contributed by atoms with Crippen molar-refractivity contribution < 1.29 is 19.1 Å². The minimum atomic E-state index is -0.540. The van der Waals surface area contributed by atoms with Gasteiger partial charge in [-0.15, -0.1) is 0 Å². The molecule has 6 nitrogen and oxygen atoms in total. The highest BCUT2D eigenvalue weighted by Crippen LogP contribution is 2.15. The quantitative estimate of drug-likeness (QED) is 0.438. The highest BCUT2D eigenvalue weighted by Gasteiger charge is 2.38. The first-order valence-corrected chi connectivity index (χ1v) is 4.54. The van der Waals surface area contributed by atoms with Crippen molar-refractivity contribution in [3.05, 3.63) is 0 Å². The Morgan fingerprint density at radius 1 is 1.60 bits per heavy atom. The van der Waals surface area contributed by atoms with Gasteiger partial charge in [0.2, 0.25) is 11.8 Å². The van der Waals surface area contributed by atoms with E-state index < -0.39 is 12.0 Å². The summed E-state index contributed by atoms with van der Waals surface area (Å²) in [7, 11) is 4.34. The van der Waals surface area contributed by atoms with E-state index in [0.717, 1.165) is 4.90 Å². The van der Waals surface area contributed by atoms with Gasteiger partial charge in [0, 0.05) is 7.05 Å². The summed E-state index contributed by atoms with van der Waals surface area (Å²) in [5.41, 5.74) is 0. The molecule has 1 saturated heterocycles. The van der Waals surface area contributed by atoms with Crippen LogP contribution in [0, 0.1) is 0 Å². The maximum Gasteiger partial charge on any atom is 0.319 e. The van der Waals surface area contributed by atoms with Crippen LogP contribution in [0.4, 0.5) is 0 Å². The largest absolute Gasteiger partial charge is 0.468 e. The number of hydrogen-bond acceptors (Lipinski definition) is 5. The molecular weight excluding hydrogens is 200 g/mol. The second-order valence-electron chi connectivity index (χ2n) is 3.50. The highest BCUT2D eigenvalue weighted by atomic mass is 16.5. The molecule has 1 aliphatic rings. The zero-order valence-corrected chi connectivity index (χ0v) is 9.02. The van der Waals surface area contributed by atoms with Crippen LogP contribution in [0.3, 0.4) is 0 Å². The number of likely N-dealkylation sites (tertiary alicyclic amines) is 1. The second kappa shape index (κ2) is 4.39. The smallest absolute Gasteiger partial charge is 0.319 e. The van der Waals surface area contributed by atoms with E-state index in [4.69, 9.17) is 0 Å². The van der Waals surface area contributed by atoms with E-state index in [1.54, 1.807) is 7.05 Å².